The Morgan fingerprint density at radius 1 is 1.05 bits per heavy atom. The lowest BCUT2D eigenvalue weighted by molar-refractivity contribution is 0.626. The molecule has 0 aliphatic carbocycles. The van der Waals surface area contributed by atoms with Gasteiger partial charge in [-0.25, -0.2) is 4.39 Å². The van der Waals surface area contributed by atoms with Crippen molar-refractivity contribution in [1.82, 2.24) is 9.88 Å². The second kappa shape index (κ2) is 6.75. The van der Waals surface area contributed by atoms with E-state index in [2.05, 4.69) is 47.3 Å². The highest BCUT2D eigenvalue weighted by Gasteiger charge is 2.06. The van der Waals surface area contributed by atoms with Gasteiger partial charge in [-0.05, 0) is 49.2 Å². The van der Waals surface area contributed by atoms with Crippen LogP contribution in [0.5, 0.6) is 0 Å². The maximum atomic E-state index is 12.9. The molecule has 1 heterocycles. The molecule has 0 aliphatic heterocycles. The van der Waals surface area contributed by atoms with Gasteiger partial charge < -0.3 is 9.88 Å². The number of rotatable bonds is 6. The molecule has 2 nitrogen and oxygen atoms in total. The number of nitrogens with one attached hydrogen (secondary N) is 1. The van der Waals surface area contributed by atoms with E-state index in [9.17, 15) is 4.39 Å². The predicted molar refractivity (Wildman–Crippen MR) is 89.4 cm³/mol. The maximum Gasteiger partial charge on any atom is 0.123 e. The summed E-state index contributed by atoms with van der Waals surface area (Å²) in [5.74, 6) is -0.177. The van der Waals surface area contributed by atoms with Crippen LogP contribution in [0.3, 0.4) is 0 Å². The van der Waals surface area contributed by atoms with Gasteiger partial charge in [0.15, 0.2) is 0 Å². The summed E-state index contributed by atoms with van der Waals surface area (Å²) in [5, 5.41) is 4.81. The van der Waals surface area contributed by atoms with E-state index in [1.165, 1.54) is 28.6 Å². The quantitative estimate of drug-likeness (QED) is 0.677. The fraction of sp³-hybridized carbons (Fsp3) is 0.263. The summed E-state index contributed by atoms with van der Waals surface area (Å²) >= 11 is 0. The third-order valence-electron chi connectivity index (χ3n) is 4.03. The van der Waals surface area contributed by atoms with Crippen LogP contribution in [0.1, 0.15) is 18.1 Å². The van der Waals surface area contributed by atoms with E-state index in [4.69, 9.17) is 0 Å². The molecule has 0 amide bonds. The van der Waals surface area contributed by atoms with Gasteiger partial charge in [0.2, 0.25) is 0 Å². The monoisotopic (exact) mass is 296 g/mol. The van der Waals surface area contributed by atoms with Crippen LogP contribution in [0, 0.1) is 5.82 Å². The molecule has 22 heavy (non-hydrogen) atoms. The van der Waals surface area contributed by atoms with Crippen LogP contribution in [0.2, 0.25) is 0 Å². The van der Waals surface area contributed by atoms with Crippen molar-refractivity contribution in [2.45, 2.75) is 26.4 Å². The van der Waals surface area contributed by atoms with E-state index in [-0.39, 0.29) is 5.82 Å². The van der Waals surface area contributed by atoms with Crippen LogP contribution in [0.25, 0.3) is 10.9 Å². The molecule has 0 atom stereocenters. The Morgan fingerprint density at radius 2 is 1.82 bits per heavy atom. The molecule has 0 fully saturated rings. The van der Waals surface area contributed by atoms with Gasteiger partial charge in [0, 0.05) is 30.2 Å². The fourth-order valence-corrected chi connectivity index (χ4v) is 2.83. The molecule has 3 rings (SSSR count). The molecule has 0 radical (unpaired) electrons. The molecule has 3 aromatic rings. The highest BCUT2D eigenvalue weighted by molar-refractivity contribution is 5.83. The SMILES string of the molecule is CCn1cc(CNCCc2ccc(F)cc2)c2ccccc21. The molecule has 0 aliphatic rings. The number of aryl methyl sites for hydroxylation is 1. The van der Waals surface area contributed by atoms with Crippen molar-refractivity contribution >= 4 is 10.9 Å². The lowest BCUT2D eigenvalue weighted by atomic mass is 10.1. The van der Waals surface area contributed by atoms with E-state index >= 15 is 0 Å². The second-order valence-corrected chi connectivity index (χ2v) is 5.51. The van der Waals surface area contributed by atoms with E-state index in [1.54, 1.807) is 0 Å². The average Bonchev–Trinajstić information content (AvgIpc) is 2.91. The molecule has 3 heteroatoms. The molecule has 1 N–H and O–H groups in total. The zero-order valence-corrected chi connectivity index (χ0v) is 12.8. The van der Waals surface area contributed by atoms with Crippen LogP contribution in [0.4, 0.5) is 4.39 Å². The molecule has 0 saturated carbocycles. The largest absolute Gasteiger partial charge is 0.347 e. The molecule has 0 bridgehead atoms. The van der Waals surface area contributed by atoms with Crippen LogP contribution in [0.15, 0.2) is 54.7 Å². The van der Waals surface area contributed by atoms with E-state index in [0.717, 1.165) is 31.6 Å². The molecule has 0 spiro atoms. The Kier molecular flexibility index (Phi) is 4.54. The minimum absolute atomic E-state index is 0.177. The van der Waals surface area contributed by atoms with Gasteiger partial charge in [0.05, 0.1) is 0 Å². The van der Waals surface area contributed by atoms with E-state index in [0.29, 0.717) is 0 Å². The van der Waals surface area contributed by atoms with E-state index < -0.39 is 0 Å². The highest BCUT2D eigenvalue weighted by atomic mass is 19.1. The molecular weight excluding hydrogens is 275 g/mol. The van der Waals surface area contributed by atoms with Crippen molar-refractivity contribution in [1.29, 1.82) is 0 Å². The molecule has 114 valence electrons. The number of para-hydroxylation sites is 1. The summed E-state index contributed by atoms with van der Waals surface area (Å²) < 4.78 is 15.1. The third kappa shape index (κ3) is 3.20. The van der Waals surface area contributed by atoms with Crippen LogP contribution >= 0.6 is 0 Å². The van der Waals surface area contributed by atoms with Crippen molar-refractivity contribution < 1.29 is 4.39 Å². The normalized spacial score (nSPS) is 11.2. The minimum atomic E-state index is -0.177. The van der Waals surface area contributed by atoms with Crippen molar-refractivity contribution in [2.75, 3.05) is 6.54 Å². The van der Waals surface area contributed by atoms with Crippen molar-refractivity contribution in [2.24, 2.45) is 0 Å². The first-order chi connectivity index (χ1) is 10.8. The van der Waals surface area contributed by atoms with Crippen molar-refractivity contribution in [3.8, 4) is 0 Å². The number of halogens is 1. The number of fused-ring (bicyclic) bond motifs is 1. The first kappa shape index (κ1) is 14.8. The maximum absolute atomic E-state index is 12.9. The number of hydrogen-bond donors (Lipinski definition) is 1. The first-order valence-corrected chi connectivity index (χ1v) is 7.80. The van der Waals surface area contributed by atoms with Crippen LogP contribution < -0.4 is 5.32 Å². The van der Waals surface area contributed by atoms with Gasteiger partial charge in [-0.15, -0.1) is 0 Å². The van der Waals surface area contributed by atoms with Crippen molar-refractivity contribution in [3.05, 3.63) is 71.7 Å². The van der Waals surface area contributed by atoms with Crippen molar-refractivity contribution in [3.63, 3.8) is 0 Å². The molecule has 0 saturated heterocycles. The minimum Gasteiger partial charge on any atom is -0.347 e. The summed E-state index contributed by atoms with van der Waals surface area (Å²) in [4.78, 5) is 0. The van der Waals surface area contributed by atoms with Gasteiger partial charge in [-0.3, -0.25) is 0 Å². The second-order valence-electron chi connectivity index (χ2n) is 5.51. The van der Waals surface area contributed by atoms with Crippen LogP contribution in [-0.4, -0.2) is 11.1 Å². The summed E-state index contributed by atoms with van der Waals surface area (Å²) in [7, 11) is 0. The van der Waals surface area contributed by atoms with Crippen LogP contribution in [-0.2, 0) is 19.5 Å². The average molecular weight is 296 g/mol. The Balaban J connectivity index is 1.61. The third-order valence-corrected chi connectivity index (χ3v) is 4.03. The number of nitrogens with zero attached hydrogens (tertiary/aromatic N) is 1. The van der Waals surface area contributed by atoms with Gasteiger partial charge in [0.25, 0.3) is 0 Å². The smallest absolute Gasteiger partial charge is 0.123 e. The number of hydrogen-bond acceptors (Lipinski definition) is 1. The van der Waals surface area contributed by atoms with Gasteiger partial charge in [0.1, 0.15) is 5.82 Å². The zero-order valence-electron chi connectivity index (χ0n) is 12.8. The molecule has 1 aromatic heterocycles. The summed E-state index contributed by atoms with van der Waals surface area (Å²) in [6.45, 7) is 4.89. The van der Waals surface area contributed by atoms with Gasteiger partial charge in [-0.2, -0.15) is 0 Å². The topological polar surface area (TPSA) is 17.0 Å². The lowest BCUT2D eigenvalue weighted by Gasteiger charge is -2.04. The predicted octanol–water partition coefficient (Wildman–Crippen LogP) is 4.13. The number of aromatic nitrogens is 1. The standard InChI is InChI=1S/C19H21FN2/c1-2-22-14-16(18-5-3-4-6-19(18)22)13-21-12-11-15-7-9-17(20)10-8-15/h3-10,14,21H,2,11-13H2,1H3. The highest BCUT2D eigenvalue weighted by Crippen LogP contribution is 2.21. The first-order valence-electron chi connectivity index (χ1n) is 7.80. The Morgan fingerprint density at radius 3 is 2.59 bits per heavy atom. The zero-order chi connectivity index (χ0) is 15.4. The lowest BCUT2D eigenvalue weighted by Crippen LogP contribution is -2.16. The fourth-order valence-electron chi connectivity index (χ4n) is 2.83. The molecular formula is C19H21FN2. The summed E-state index contributed by atoms with van der Waals surface area (Å²) in [5.41, 5.74) is 3.78. The van der Waals surface area contributed by atoms with E-state index in [1.807, 2.05) is 12.1 Å². The summed E-state index contributed by atoms with van der Waals surface area (Å²) in [6.07, 6.45) is 3.14. The van der Waals surface area contributed by atoms with Gasteiger partial charge >= 0.3 is 0 Å². The molecule has 2 aromatic carbocycles. The Bertz CT molecular complexity index is 744. The Labute approximate surface area is 130 Å². The summed E-state index contributed by atoms with van der Waals surface area (Å²) in [6, 6.07) is 15.2. The number of benzene rings is 2. The molecule has 0 unspecified atom stereocenters. The Hall–Kier alpha value is -2.13. The van der Waals surface area contributed by atoms with Gasteiger partial charge in [-0.1, -0.05) is 30.3 Å².